The van der Waals surface area contributed by atoms with Crippen molar-refractivity contribution in [1.29, 1.82) is 0 Å². The van der Waals surface area contributed by atoms with Crippen LogP contribution in [-0.2, 0) is 9.53 Å². The maximum atomic E-state index is 12.3. The lowest BCUT2D eigenvalue weighted by Crippen LogP contribution is -2.41. The second kappa shape index (κ2) is 7.23. The second-order valence-electron chi connectivity index (χ2n) is 6.08. The van der Waals surface area contributed by atoms with Gasteiger partial charge in [-0.05, 0) is 18.9 Å². The molecule has 0 spiro atoms. The summed E-state index contributed by atoms with van der Waals surface area (Å²) in [7, 11) is 1.26. The summed E-state index contributed by atoms with van der Waals surface area (Å²) in [6, 6.07) is 1.47. The third-order valence-electron chi connectivity index (χ3n) is 4.05. The number of nitrogens with zero attached hydrogens (tertiary/aromatic N) is 2. The molecule has 25 heavy (non-hydrogen) atoms. The maximum Gasteiger partial charge on any atom is 0.340 e. The van der Waals surface area contributed by atoms with E-state index in [1.165, 1.54) is 19.4 Å². The summed E-state index contributed by atoms with van der Waals surface area (Å²) in [6.45, 7) is 9.14. The van der Waals surface area contributed by atoms with Crippen molar-refractivity contribution in [1.82, 2.24) is 10.3 Å². The fraction of sp³-hybridized carbons (Fsp3) is 0.412. The maximum absolute atomic E-state index is 12.3. The molecule has 1 aliphatic rings. The predicted octanol–water partition coefficient (Wildman–Crippen LogP) is 2.29. The summed E-state index contributed by atoms with van der Waals surface area (Å²) in [5.41, 5.74) is -0.565. The molecule has 1 amide bonds. The first kappa shape index (κ1) is 18.9. The van der Waals surface area contributed by atoms with Crippen LogP contribution in [0.2, 0.25) is 0 Å². The van der Waals surface area contributed by atoms with Crippen LogP contribution in [0, 0.1) is 5.92 Å². The van der Waals surface area contributed by atoms with Gasteiger partial charge in [-0.3, -0.25) is 4.79 Å². The van der Waals surface area contributed by atoms with E-state index >= 15 is 0 Å². The number of aromatic nitrogens is 1. The van der Waals surface area contributed by atoms with Crippen LogP contribution >= 0.6 is 11.6 Å². The molecule has 1 unspecified atom stereocenters. The van der Waals surface area contributed by atoms with Gasteiger partial charge in [-0.15, -0.1) is 0 Å². The number of hydrogen-bond donors (Lipinski definition) is 1. The Morgan fingerprint density at radius 3 is 2.68 bits per heavy atom. The molecule has 1 aromatic rings. The highest BCUT2D eigenvalue weighted by Gasteiger charge is 2.43. The number of methoxy groups -OCH3 is 1. The summed E-state index contributed by atoms with van der Waals surface area (Å²) in [5.74, 6) is -0.331. The van der Waals surface area contributed by atoms with Crippen LogP contribution in [0.5, 0.6) is 5.75 Å². The highest BCUT2D eigenvalue weighted by atomic mass is 35.5. The molecule has 0 saturated heterocycles. The average molecular weight is 366 g/mol. The van der Waals surface area contributed by atoms with Gasteiger partial charge in [0.05, 0.1) is 18.9 Å². The van der Waals surface area contributed by atoms with Gasteiger partial charge in [0.25, 0.3) is 5.91 Å². The normalized spacial score (nSPS) is 19.4. The molecule has 7 nitrogen and oxygen atoms in total. The first-order valence-corrected chi connectivity index (χ1v) is 8.03. The standard InChI is InChI=1S/C17H20ClN3O4/c1-9(2)17(4)16(23)20-14(21-17)13-12(15(22)24-5)6-11(7-19-13)25-8-10(3)18/h6-7,9H,3,8H2,1-2,4-5H3,(H,20,21,23). The van der Waals surface area contributed by atoms with Crippen molar-refractivity contribution in [3.63, 3.8) is 0 Å². The Kier molecular flexibility index (Phi) is 5.47. The van der Waals surface area contributed by atoms with Gasteiger partial charge in [-0.25, -0.2) is 14.8 Å². The lowest BCUT2D eigenvalue weighted by Gasteiger charge is -2.21. The van der Waals surface area contributed by atoms with Crippen LogP contribution in [0.25, 0.3) is 0 Å². The summed E-state index contributed by atoms with van der Waals surface area (Å²) < 4.78 is 10.2. The van der Waals surface area contributed by atoms with E-state index in [1.54, 1.807) is 6.92 Å². The van der Waals surface area contributed by atoms with E-state index in [0.717, 1.165) is 0 Å². The molecule has 1 atom stereocenters. The van der Waals surface area contributed by atoms with Crippen LogP contribution in [-0.4, -0.2) is 42.0 Å². The molecule has 1 aromatic heterocycles. The smallest absolute Gasteiger partial charge is 0.340 e. The number of aliphatic imine (C=N–C) groups is 1. The fourth-order valence-corrected chi connectivity index (χ4v) is 2.24. The molecule has 0 aromatic carbocycles. The van der Waals surface area contributed by atoms with Gasteiger partial charge in [0.15, 0.2) is 5.84 Å². The van der Waals surface area contributed by atoms with Crippen molar-refractivity contribution in [2.24, 2.45) is 10.9 Å². The number of halogens is 1. The molecule has 0 saturated carbocycles. The van der Waals surface area contributed by atoms with Crippen molar-refractivity contribution in [3.05, 3.63) is 35.1 Å². The van der Waals surface area contributed by atoms with Gasteiger partial charge >= 0.3 is 5.97 Å². The Morgan fingerprint density at radius 1 is 1.48 bits per heavy atom. The van der Waals surface area contributed by atoms with E-state index in [0.29, 0.717) is 10.8 Å². The van der Waals surface area contributed by atoms with Gasteiger partial charge in [-0.1, -0.05) is 32.0 Å². The quantitative estimate of drug-likeness (QED) is 0.781. The van der Waals surface area contributed by atoms with Crippen molar-refractivity contribution < 1.29 is 19.1 Å². The lowest BCUT2D eigenvalue weighted by molar-refractivity contribution is -0.124. The third-order valence-corrected chi connectivity index (χ3v) is 4.16. The van der Waals surface area contributed by atoms with Crippen LogP contribution in [0.3, 0.4) is 0 Å². The third kappa shape index (κ3) is 3.82. The Morgan fingerprint density at radius 2 is 2.16 bits per heavy atom. The van der Waals surface area contributed by atoms with Crippen molar-refractivity contribution in [2.45, 2.75) is 26.3 Å². The largest absolute Gasteiger partial charge is 0.486 e. The minimum Gasteiger partial charge on any atom is -0.486 e. The van der Waals surface area contributed by atoms with Crippen LogP contribution < -0.4 is 10.1 Å². The molecule has 134 valence electrons. The van der Waals surface area contributed by atoms with Crippen molar-refractivity contribution in [2.75, 3.05) is 13.7 Å². The molecule has 0 radical (unpaired) electrons. The fourth-order valence-electron chi connectivity index (χ4n) is 2.19. The van der Waals surface area contributed by atoms with Gasteiger partial charge < -0.3 is 14.8 Å². The molecule has 0 fully saturated rings. The number of amidine groups is 1. The van der Waals surface area contributed by atoms with Crippen molar-refractivity contribution >= 4 is 29.3 Å². The highest BCUT2D eigenvalue weighted by molar-refractivity contribution is 6.29. The van der Waals surface area contributed by atoms with E-state index in [2.05, 4.69) is 21.9 Å². The summed E-state index contributed by atoms with van der Waals surface area (Å²) in [5, 5.41) is 3.00. The zero-order chi connectivity index (χ0) is 18.8. The first-order chi connectivity index (χ1) is 11.7. The Labute approximate surface area is 151 Å². The summed E-state index contributed by atoms with van der Waals surface area (Å²) >= 11 is 5.67. The first-order valence-electron chi connectivity index (χ1n) is 7.65. The number of ether oxygens (including phenoxy) is 2. The van der Waals surface area contributed by atoms with Crippen LogP contribution in [0.4, 0.5) is 0 Å². The number of pyridine rings is 1. The molecule has 8 heteroatoms. The zero-order valence-corrected chi connectivity index (χ0v) is 15.3. The predicted molar refractivity (Wildman–Crippen MR) is 94.0 cm³/mol. The number of carbonyl (C=O) groups is 2. The van der Waals surface area contributed by atoms with Crippen molar-refractivity contribution in [3.8, 4) is 5.75 Å². The number of nitrogens with one attached hydrogen (secondary N) is 1. The lowest BCUT2D eigenvalue weighted by atomic mass is 9.89. The SMILES string of the molecule is C=C(Cl)COc1cnc(C2=NC(C)(C(C)C)C(=O)N2)c(C(=O)OC)c1. The van der Waals surface area contributed by atoms with Crippen LogP contribution in [0.1, 0.15) is 36.8 Å². The molecule has 2 rings (SSSR count). The number of esters is 1. The number of rotatable bonds is 6. The van der Waals surface area contributed by atoms with E-state index in [1.807, 2.05) is 13.8 Å². The van der Waals surface area contributed by atoms with E-state index in [9.17, 15) is 9.59 Å². The Hall–Kier alpha value is -2.41. The Balaban J connectivity index is 2.45. The molecule has 1 N–H and O–H groups in total. The topological polar surface area (TPSA) is 89.9 Å². The summed E-state index contributed by atoms with van der Waals surface area (Å²) in [6.07, 6.45) is 1.42. The minimum atomic E-state index is -0.921. The van der Waals surface area contributed by atoms with E-state index in [-0.39, 0.29) is 35.5 Å². The summed E-state index contributed by atoms with van der Waals surface area (Å²) in [4.78, 5) is 33.1. The van der Waals surface area contributed by atoms with Gasteiger partial charge in [0.2, 0.25) is 0 Å². The molecule has 0 bridgehead atoms. The molecule has 0 aliphatic carbocycles. The van der Waals surface area contributed by atoms with E-state index < -0.39 is 11.5 Å². The molecule has 2 heterocycles. The zero-order valence-electron chi connectivity index (χ0n) is 14.6. The number of hydrogen-bond acceptors (Lipinski definition) is 6. The highest BCUT2D eigenvalue weighted by Crippen LogP contribution is 2.28. The monoisotopic (exact) mass is 365 g/mol. The number of carbonyl (C=O) groups excluding carboxylic acids is 2. The number of amides is 1. The Bertz CT molecular complexity index is 760. The molecule has 1 aliphatic heterocycles. The minimum absolute atomic E-state index is 0.0242. The van der Waals surface area contributed by atoms with Crippen LogP contribution in [0.15, 0.2) is 28.9 Å². The molecular formula is C17H20ClN3O4. The van der Waals surface area contributed by atoms with Gasteiger partial charge in [0, 0.05) is 5.03 Å². The van der Waals surface area contributed by atoms with Gasteiger partial charge in [0.1, 0.15) is 23.6 Å². The van der Waals surface area contributed by atoms with Gasteiger partial charge in [-0.2, -0.15) is 0 Å². The molecular weight excluding hydrogens is 346 g/mol. The average Bonchev–Trinajstić information content (AvgIpc) is 2.88. The van der Waals surface area contributed by atoms with E-state index in [4.69, 9.17) is 21.1 Å². The second-order valence-corrected chi connectivity index (χ2v) is 6.62.